The fourth-order valence-corrected chi connectivity index (χ4v) is 4.80. The van der Waals surface area contributed by atoms with E-state index < -0.39 is 12.2 Å². The molecule has 0 saturated carbocycles. The summed E-state index contributed by atoms with van der Waals surface area (Å²) >= 11 is 0. The number of carbonyl (C=O) groups is 1. The molecule has 4 heterocycles. The van der Waals surface area contributed by atoms with Gasteiger partial charge in [-0.15, -0.1) is 0 Å². The van der Waals surface area contributed by atoms with Crippen LogP contribution in [0.15, 0.2) is 24.5 Å². The lowest BCUT2D eigenvalue weighted by Gasteiger charge is -2.28. The van der Waals surface area contributed by atoms with E-state index in [4.69, 9.17) is 9.84 Å². The molecule has 5 rings (SSSR count). The molecule has 186 valence electrons. The molecule has 2 aliphatic heterocycles. The maximum Gasteiger partial charge on any atom is 0.264 e. The molecule has 0 spiro atoms. The molecule has 0 radical (unpaired) electrons. The predicted molar refractivity (Wildman–Crippen MR) is 123 cm³/mol. The summed E-state index contributed by atoms with van der Waals surface area (Å²) in [6, 6.07) is 2.27. The van der Waals surface area contributed by atoms with Crippen molar-refractivity contribution in [1.29, 1.82) is 0 Å². The van der Waals surface area contributed by atoms with Gasteiger partial charge in [-0.1, -0.05) is 6.92 Å². The van der Waals surface area contributed by atoms with E-state index in [2.05, 4.69) is 10.4 Å². The molecule has 2 aromatic heterocycles. The second-order valence-corrected chi connectivity index (χ2v) is 8.90. The van der Waals surface area contributed by atoms with E-state index in [0.717, 1.165) is 29.8 Å². The summed E-state index contributed by atoms with van der Waals surface area (Å²) in [5.74, 6) is -0.294. The van der Waals surface area contributed by atoms with Crippen molar-refractivity contribution in [3.05, 3.63) is 47.2 Å². The Morgan fingerprint density at radius 3 is 2.83 bits per heavy atom. The van der Waals surface area contributed by atoms with E-state index in [0.29, 0.717) is 50.5 Å². The highest BCUT2D eigenvalue weighted by molar-refractivity contribution is 5.77. The van der Waals surface area contributed by atoms with Crippen LogP contribution in [0.25, 0.3) is 11.1 Å². The van der Waals surface area contributed by atoms with Crippen LogP contribution in [0.5, 0.6) is 0 Å². The van der Waals surface area contributed by atoms with Crippen LogP contribution in [0, 0.1) is 5.82 Å². The maximum absolute atomic E-state index is 15.2. The van der Waals surface area contributed by atoms with Gasteiger partial charge in [-0.05, 0) is 24.1 Å². The van der Waals surface area contributed by atoms with Gasteiger partial charge in [0.2, 0.25) is 5.91 Å². The Bertz CT molecular complexity index is 1250. The average molecular weight is 489 g/mol. The summed E-state index contributed by atoms with van der Waals surface area (Å²) in [7, 11) is 1.67. The van der Waals surface area contributed by atoms with Gasteiger partial charge >= 0.3 is 0 Å². The topological polar surface area (TPSA) is 77.2 Å². The number of anilines is 2. The van der Waals surface area contributed by atoms with E-state index in [1.54, 1.807) is 25.1 Å². The molecular formula is C24H27F3N6O2. The highest BCUT2D eigenvalue weighted by atomic mass is 19.3. The number of amides is 1. The molecule has 2 aliphatic rings. The minimum absolute atomic E-state index is 0.0190. The lowest BCUT2D eigenvalue weighted by molar-refractivity contribution is -0.131. The number of benzene rings is 1. The van der Waals surface area contributed by atoms with E-state index in [9.17, 15) is 13.6 Å². The van der Waals surface area contributed by atoms with Crippen LogP contribution in [0.2, 0.25) is 0 Å². The standard InChI is InChI=1S/C24H27F3N6O2/c1-3-22(34)32-6-4-21-18(12-32)24(30-33(21)15-5-7-35-13-15)29-20-9-17(23(26)27)16(8-19(20)25)14-10-28-31(2)11-14/h8-11,15,23H,3-7,12-13H2,1-2H3,(H,29,30)/t15-/m0/s1. The van der Waals surface area contributed by atoms with Gasteiger partial charge in [0, 0.05) is 61.6 Å². The number of rotatable bonds is 6. The zero-order chi connectivity index (χ0) is 24.7. The molecule has 3 aromatic rings. The summed E-state index contributed by atoms with van der Waals surface area (Å²) in [5, 5.41) is 11.7. The van der Waals surface area contributed by atoms with Crippen LogP contribution >= 0.6 is 0 Å². The molecule has 1 fully saturated rings. The SMILES string of the molecule is CCC(=O)N1CCc2c(c(Nc3cc(C(F)F)c(-c4cnn(C)c4)cc3F)nn2[C@H]2CCOC2)C1. The Morgan fingerprint density at radius 1 is 1.34 bits per heavy atom. The fraction of sp³-hybridized carbons (Fsp3) is 0.458. The molecule has 1 aromatic carbocycles. The molecule has 0 unspecified atom stereocenters. The largest absolute Gasteiger partial charge is 0.379 e. The predicted octanol–water partition coefficient (Wildman–Crippen LogP) is 4.36. The molecule has 8 nitrogen and oxygen atoms in total. The van der Waals surface area contributed by atoms with E-state index in [1.165, 1.54) is 10.9 Å². The first-order valence-corrected chi connectivity index (χ1v) is 11.7. The van der Waals surface area contributed by atoms with E-state index >= 15 is 4.39 Å². The second-order valence-electron chi connectivity index (χ2n) is 8.90. The Labute approximate surface area is 200 Å². The molecule has 1 amide bonds. The lowest BCUT2D eigenvalue weighted by Crippen LogP contribution is -2.36. The highest BCUT2D eigenvalue weighted by Crippen LogP contribution is 2.38. The monoisotopic (exact) mass is 488 g/mol. The van der Waals surface area contributed by atoms with Crippen molar-refractivity contribution in [1.82, 2.24) is 24.5 Å². The lowest BCUT2D eigenvalue weighted by atomic mass is 10.0. The van der Waals surface area contributed by atoms with Gasteiger partial charge < -0.3 is 15.0 Å². The van der Waals surface area contributed by atoms with Crippen molar-refractivity contribution in [2.24, 2.45) is 7.05 Å². The zero-order valence-corrected chi connectivity index (χ0v) is 19.6. The molecule has 0 bridgehead atoms. The Hall–Kier alpha value is -3.34. The van der Waals surface area contributed by atoms with Gasteiger partial charge in [0.1, 0.15) is 5.82 Å². The van der Waals surface area contributed by atoms with Crippen LogP contribution in [-0.2, 0) is 29.5 Å². The number of aromatic nitrogens is 4. The summed E-state index contributed by atoms with van der Waals surface area (Å²) in [5.41, 5.74) is 1.84. The molecule has 1 N–H and O–H groups in total. The molecule has 1 atom stereocenters. The van der Waals surface area contributed by atoms with Crippen LogP contribution in [0.4, 0.5) is 24.7 Å². The number of halogens is 3. The van der Waals surface area contributed by atoms with Gasteiger partial charge in [0.05, 0.1) is 31.1 Å². The van der Waals surface area contributed by atoms with Gasteiger partial charge in [-0.25, -0.2) is 13.2 Å². The first kappa shape index (κ1) is 23.4. The number of alkyl halides is 2. The van der Waals surface area contributed by atoms with Crippen molar-refractivity contribution in [2.45, 2.75) is 45.2 Å². The smallest absolute Gasteiger partial charge is 0.264 e. The highest BCUT2D eigenvalue weighted by Gasteiger charge is 2.31. The van der Waals surface area contributed by atoms with Crippen LogP contribution in [0.3, 0.4) is 0 Å². The third-order valence-electron chi connectivity index (χ3n) is 6.64. The quantitative estimate of drug-likeness (QED) is 0.558. The molecule has 0 aliphatic carbocycles. The number of ether oxygens (including phenoxy) is 1. The average Bonchev–Trinajstić information content (AvgIpc) is 3.59. The maximum atomic E-state index is 15.2. The van der Waals surface area contributed by atoms with Crippen molar-refractivity contribution in [3.8, 4) is 11.1 Å². The summed E-state index contributed by atoms with van der Waals surface area (Å²) in [4.78, 5) is 14.1. The Kier molecular flexibility index (Phi) is 6.26. The third kappa shape index (κ3) is 4.40. The van der Waals surface area contributed by atoms with E-state index in [1.807, 2.05) is 4.68 Å². The molecule has 11 heteroatoms. The molecule has 35 heavy (non-hydrogen) atoms. The summed E-state index contributed by atoms with van der Waals surface area (Å²) in [6.07, 6.45) is 1.96. The Morgan fingerprint density at radius 2 is 2.17 bits per heavy atom. The number of carbonyl (C=O) groups excluding carboxylic acids is 1. The fourth-order valence-electron chi connectivity index (χ4n) is 4.80. The zero-order valence-electron chi connectivity index (χ0n) is 19.6. The third-order valence-corrected chi connectivity index (χ3v) is 6.64. The van der Waals surface area contributed by atoms with Crippen molar-refractivity contribution < 1.29 is 22.7 Å². The minimum atomic E-state index is -2.81. The number of hydrogen-bond acceptors (Lipinski definition) is 5. The van der Waals surface area contributed by atoms with Gasteiger partial charge in [0.25, 0.3) is 6.43 Å². The minimum Gasteiger partial charge on any atom is -0.379 e. The number of nitrogens with zero attached hydrogens (tertiary/aromatic N) is 5. The van der Waals surface area contributed by atoms with Crippen LogP contribution in [-0.4, -0.2) is 50.1 Å². The number of hydrogen-bond donors (Lipinski definition) is 1. The number of fused-ring (bicyclic) bond motifs is 1. The normalized spacial score (nSPS) is 17.8. The molecular weight excluding hydrogens is 461 g/mol. The van der Waals surface area contributed by atoms with Crippen molar-refractivity contribution in [2.75, 3.05) is 25.1 Å². The van der Waals surface area contributed by atoms with Crippen LogP contribution in [0.1, 0.15) is 49.1 Å². The van der Waals surface area contributed by atoms with Crippen molar-refractivity contribution in [3.63, 3.8) is 0 Å². The number of nitrogens with one attached hydrogen (secondary N) is 1. The molecule has 1 saturated heterocycles. The number of aryl methyl sites for hydroxylation is 1. The van der Waals surface area contributed by atoms with Gasteiger partial charge in [0.15, 0.2) is 5.82 Å². The second kappa shape index (κ2) is 9.37. The summed E-state index contributed by atoms with van der Waals surface area (Å²) in [6.45, 7) is 3.86. The van der Waals surface area contributed by atoms with E-state index in [-0.39, 0.29) is 28.8 Å². The van der Waals surface area contributed by atoms with Gasteiger partial charge in [-0.2, -0.15) is 10.2 Å². The summed E-state index contributed by atoms with van der Waals surface area (Å²) < 4.78 is 52.1. The van der Waals surface area contributed by atoms with Gasteiger partial charge in [-0.3, -0.25) is 14.2 Å². The first-order chi connectivity index (χ1) is 16.9. The Balaban J connectivity index is 1.54. The van der Waals surface area contributed by atoms with Crippen molar-refractivity contribution >= 4 is 17.4 Å². The van der Waals surface area contributed by atoms with Crippen LogP contribution < -0.4 is 5.32 Å². The first-order valence-electron chi connectivity index (χ1n) is 11.7.